The molecule has 2 nitrogen and oxygen atoms in total. The van der Waals surface area contributed by atoms with E-state index in [1.807, 2.05) is 0 Å². The van der Waals surface area contributed by atoms with Crippen LogP contribution in [-0.4, -0.2) is 24.1 Å². The minimum Gasteiger partial charge on any atom is -0.400 e. The number of hydrogen-bond acceptors (Lipinski definition) is 4. The fourth-order valence-electron chi connectivity index (χ4n) is 1.88. The number of thiol groups is 1. The first-order valence-electron chi connectivity index (χ1n) is 6.48. The third-order valence-electron chi connectivity index (χ3n) is 3.96. The van der Waals surface area contributed by atoms with E-state index < -0.39 is 0 Å². The molecular formula is C14H21BO2S2. The molecule has 5 heteroatoms. The zero-order chi connectivity index (χ0) is 14.3. The van der Waals surface area contributed by atoms with Gasteiger partial charge in [0, 0.05) is 10.6 Å². The summed E-state index contributed by atoms with van der Waals surface area (Å²) >= 11 is 6.16. The van der Waals surface area contributed by atoms with Gasteiger partial charge in [0.15, 0.2) is 0 Å². The highest BCUT2D eigenvalue weighted by atomic mass is 32.1. The Morgan fingerprint density at radius 3 is 2.32 bits per heavy atom. The van der Waals surface area contributed by atoms with Crippen LogP contribution >= 0.6 is 24.0 Å². The predicted octanol–water partition coefficient (Wildman–Crippen LogP) is 4.00. The highest BCUT2D eigenvalue weighted by Gasteiger charge is 2.52. The van der Waals surface area contributed by atoms with Gasteiger partial charge < -0.3 is 9.31 Å². The fourth-order valence-corrected chi connectivity index (χ4v) is 3.02. The van der Waals surface area contributed by atoms with E-state index >= 15 is 0 Å². The molecule has 0 atom stereocenters. The zero-order valence-electron chi connectivity index (χ0n) is 12.2. The van der Waals surface area contributed by atoms with Crippen molar-refractivity contribution in [2.45, 2.75) is 45.8 Å². The molecule has 1 fully saturated rings. The van der Waals surface area contributed by atoms with E-state index in [4.69, 9.17) is 9.31 Å². The second-order valence-corrected chi connectivity index (χ2v) is 7.20. The molecule has 0 radical (unpaired) electrons. The minimum atomic E-state index is -0.302. The van der Waals surface area contributed by atoms with Gasteiger partial charge in [-0.3, -0.25) is 0 Å². The van der Waals surface area contributed by atoms with E-state index in [1.54, 1.807) is 11.3 Å². The number of thiophene rings is 1. The Morgan fingerprint density at radius 1 is 1.32 bits per heavy atom. The van der Waals surface area contributed by atoms with Gasteiger partial charge in [-0.05, 0) is 63.2 Å². The van der Waals surface area contributed by atoms with Crippen LogP contribution in [0.1, 0.15) is 38.1 Å². The molecule has 1 aromatic rings. The van der Waals surface area contributed by atoms with Crippen LogP contribution in [0.4, 0.5) is 0 Å². The molecule has 1 aliphatic rings. The van der Waals surface area contributed by atoms with Crippen molar-refractivity contribution in [2.75, 3.05) is 5.75 Å². The van der Waals surface area contributed by atoms with Crippen LogP contribution in [0.25, 0.3) is 6.08 Å². The topological polar surface area (TPSA) is 18.5 Å². The standard InChI is InChI=1S/C14H21BO2S2/c1-10-6-7-19-12(10)8-11(9-18)15-16-13(2,3)14(4,5)17-15/h6-8,18H,9H2,1-5H3. The van der Waals surface area contributed by atoms with Gasteiger partial charge in [-0.25, -0.2) is 0 Å². The van der Waals surface area contributed by atoms with Crippen LogP contribution < -0.4 is 0 Å². The maximum atomic E-state index is 6.07. The Balaban J connectivity index is 2.26. The normalized spacial score (nSPS) is 22.0. The lowest BCUT2D eigenvalue weighted by Gasteiger charge is -2.32. The first-order valence-corrected chi connectivity index (χ1v) is 7.99. The predicted molar refractivity (Wildman–Crippen MR) is 87.0 cm³/mol. The minimum absolute atomic E-state index is 0.301. The van der Waals surface area contributed by atoms with Crippen LogP contribution in [0.15, 0.2) is 16.9 Å². The molecule has 0 aromatic carbocycles. The molecule has 1 saturated heterocycles. The summed E-state index contributed by atoms with van der Waals surface area (Å²) in [6.45, 7) is 10.4. The van der Waals surface area contributed by atoms with Crippen molar-refractivity contribution in [3.05, 3.63) is 27.4 Å². The summed E-state index contributed by atoms with van der Waals surface area (Å²) in [6.07, 6.45) is 2.15. The summed E-state index contributed by atoms with van der Waals surface area (Å²) in [7, 11) is -0.302. The molecule has 19 heavy (non-hydrogen) atoms. The van der Waals surface area contributed by atoms with Crippen molar-refractivity contribution in [2.24, 2.45) is 0 Å². The van der Waals surface area contributed by atoms with Gasteiger partial charge >= 0.3 is 7.12 Å². The molecule has 0 bridgehead atoms. The number of hydrogen-bond donors (Lipinski definition) is 1. The Morgan fingerprint density at radius 2 is 1.89 bits per heavy atom. The summed E-state index contributed by atoms with van der Waals surface area (Å²) in [6, 6.07) is 2.12. The van der Waals surface area contributed by atoms with Gasteiger partial charge in [-0.2, -0.15) is 12.6 Å². The molecule has 0 amide bonds. The van der Waals surface area contributed by atoms with E-state index in [0.717, 1.165) is 5.47 Å². The highest BCUT2D eigenvalue weighted by molar-refractivity contribution is 7.80. The van der Waals surface area contributed by atoms with Gasteiger partial charge in [-0.1, -0.05) is 0 Å². The molecule has 0 aliphatic carbocycles. The Hall–Kier alpha value is -0.225. The second-order valence-electron chi connectivity index (χ2n) is 5.93. The average molecular weight is 296 g/mol. The molecule has 104 valence electrons. The Kier molecular flexibility index (Phi) is 4.22. The molecule has 2 rings (SSSR count). The van der Waals surface area contributed by atoms with Crippen molar-refractivity contribution >= 4 is 37.2 Å². The smallest absolute Gasteiger partial charge is 0.400 e. The second kappa shape index (κ2) is 5.28. The molecule has 2 heterocycles. The summed E-state index contributed by atoms with van der Waals surface area (Å²) in [5.74, 6) is 0.633. The van der Waals surface area contributed by atoms with Crippen LogP contribution in [-0.2, 0) is 9.31 Å². The summed E-state index contributed by atoms with van der Waals surface area (Å²) in [5.41, 5.74) is 1.75. The van der Waals surface area contributed by atoms with Gasteiger partial charge in [0.2, 0.25) is 0 Å². The van der Waals surface area contributed by atoms with Crippen LogP contribution in [0.2, 0.25) is 0 Å². The lowest BCUT2D eigenvalue weighted by molar-refractivity contribution is 0.00578. The van der Waals surface area contributed by atoms with Crippen molar-refractivity contribution in [3.63, 3.8) is 0 Å². The summed E-state index contributed by atoms with van der Waals surface area (Å²) < 4.78 is 12.1. The maximum absolute atomic E-state index is 6.07. The van der Waals surface area contributed by atoms with Crippen LogP contribution in [0.5, 0.6) is 0 Å². The first-order chi connectivity index (χ1) is 8.77. The van der Waals surface area contributed by atoms with E-state index in [1.165, 1.54) is 10.4 Å². The van der Waals surface area contributed by atoms with E-state index in [9.17, 15) is 0 Å². The molecule has 0 spiro atoms. The third kappa shape index (κ3) is 2.94. The first kappa shape index (κ1) is 15.2. The quantitative estimate of drug-likeness (QED) is 0.671. The fraction of sp³-hybridized carbons (Fsp3) is 0.571. The lowest BCUT2D eigenvalue weighted by atomic mass is 9.78. The van der Waals surface area contributed by atoms with E-state index in [-0.39, 0.29) is 18.3 Å². The SMILES string of the molecule is Cc1ccsc1C=C(CS)B1OC(C)(C)C(C)(C)O1. The van der Waals surface area contributed by atoms with Crippen molar-refractivity contribution < 1.29 is 9.31 Å². The van der Waals surface area contributed by atoms with E-state index in [0.29, 0.717) is 5.75 Å². The molecule has 0 N–H and O–H groups in total. The molecule has 1 aliphatic heterocycles. The highest BCUT2D eigenvalue weighted by Crippen LogP contribution is 2.39. The summed E-state index contributed by atoms with van der Waals surface area (Å²) in [5, 5.41) is 2.10. The Bertz CT molecular complexity index is 475. The zero-order valence-corrected chi connectivity index (χ0v) is 13.9. The lowest BCUT2D eigenvalue weighted by Crippen LogP contribution is -2.41. The van der Waals surface area contributed by atoms with Gasteiger partial charge in [0.05, 0.1) is 11.2 Å². The van der Waals surface area contributed by atoms with Crippen LogP contribution in [0.3, 0.4) is 0 Å². The van der Waals surface area contributed by atoms with Crippen LogP contribution in [0, 0.1) is 6.92 Å². The van der Waals surface area contributed by atoms with Crippen molar-refractivity contribution in [1.29, 1.82) is 0 Å². The van der Waals surface area contributed by atoms with Crippen molar-refractivity contribution in [1.82, 2.24) is 0 Å². The molecule has 0 saturated carbocycles. The van der Waals surface area contributed by atoms with E-state index in [2.05, 4.69) is 64.8 Å². The van der Waals surface area contributed by atoms with Crippen molar-refractivity contribution in [3.8, 4) is 0 Å². The maximum Gasteiger partial charge on any atom is 0.491 e. The Labute approximate surface area is 125 Å². The average Bonchev–Trinajstić information content (AvgIpc) is 2.78. The molecular weight excluding hydrogens is 275 g/mol. The summed E-state index contributed by atoms with van der Waals surface area (Å²) in [4.78, 5) is 1.25. The van der Waals surface area contributed by atoms with Gasteiger partial charge in [0.1, 0.15) is 0 Å². The number of aryl methyl sites for hydroxylation is 1. The molecule has 0 unspecified atom stereocenters. The third-order valence-corrected chi connectivity index (χ3v) is 5.29. The molecule has 1 aromatic heterocycles. The monoisotopic (exact) mass is 296 g/mol. The van der Waals surface area contributed by atoms with Gasteiger partial charge in [-0.15, -0.1) is 11.3 Å². The van der Waals surface area contributed by atoms with Gasteiger partial charge in [0.25, 0.3) is 0 Å². The number of rotatable bonds is 3. The largest absolute Gasteiger partial charge is 0.491 e.